The molecule has 154 valence electrons. The molecule has 1 aliphatic rings. The first-order valence-electron chi connectivity index (χ1n) is 9.50. The molecule has 2 atom stereocenters. The van der Waals surface area contributed by atoms with Crippen molar-refractivity contribution in [3.05, 3.63) is 29.8 Å². The van der Waals surface area contributed by atoms with Gasteiger partial charge in [0.15, 0.2) is 0 Å². The fourth-order valence-electron chi connectivity index (χ4n) is 2.89. The van der Waals surface area contributed by atoms with E-state index in [1.807, 2.05) is 13.8 Å². The number of carbonyl (C=O) groups excluding carboxylic acids is 2. The van der Waals surface area contributed by atoms with E-state index in [0.29, 0.717) is 24.3 Å². The predicted octanol–water partition coefficient (Wildman–Crippen LogP) is 1.59. The van der Waals surface area contributed by atoms with Crippen molar-refractivity contribution in [3.8, 4) is 5.75 Å². The van der Waals surface area contributed by atoms with E-state index in [4.69, 9.17) is 14.6 Å². The second kappa shape index (κ2) is 10.7. The Kier molecular flexibility index (Phi) is 8.25. The summed E-state index contributed by atoms with van der Waals surface area (Å²) in [5.74, 6) is -1.41. The second-order valence-electron chi connectivity index (χ2n) is 7.24. The van der Waals surface area contributed by atoms with Gasteiger partial charge < -0.3 is 25.2 Å². The number of carboxylic acids is 1. The standard InChI is InChI=1S/C20H28N2O6/c1-13(2)9-17(20(25)26)22-18(23)11-21-19(24)14-5-3-6-15(10-14)28-12-16-7-4-8-27-16/h3,5-6,10,13,16-17H,4,7-9,11-12H2,1-2H3,(H,21,24)(H,22,23)(H,25,26)/t16?,17-/m0/s1. The highest BCUT2D eigenvalue weighted by atomic mass is 16.5. The van der Waals surface area contributed by atoms with Crippen LogP contribution >= 0.6 is 0 Å². The van der Waals surface area contributed by atoms with Crippen LogP contribution in [-0.4, -0.2) is 54.8 Å². The molecule has 1 aliphatic heterocycles. The number of hydrogen-bond acceptors (Lipinski definition) is 5. The Balaban J connectivity index is 1.82. The van der Waals surface area contributed by atoms with Gasteiger partial charge in [0, 0.05) is 12.2 Å². The van der Waals surface area contributed by atoms with E-state index in [2.05, 4.69) is 10.6 Å². The molecule has 2 amide bonds. The normalized spacial score (nSPS) is 17.2. The van der Waals surface area contributed by atoms with E-state index in [9.17, 15) is 14.4 Å². The molecule has 0 bridgehead atoms. The Morgan fingerprint density at radius 3 is 2.75 bits per heavy atom. The second-order valence-corrected chi connectivity index (χ2v) is 7.24. The van der Waals surface area contributed by atoms with Crippen LogP contribution in [-0.2, 0) is 14.3 Å². The van der Waals surface area contributed by atoms with Gasteiger partial charge in [0.2, 0.25) is 5.91 Å². The SMILES string of the molecule is CC(C)C[C@H](NC(=O)CNC(=O)c1cccc(OCC2CCCO2)c1)C(=O)O. The van der Waals surface area contributed by atoms with Gasteiger partial charge in [-0.2, -0.15) is 0 Å². The molecule has 8 nitrogen and oxygen atoms in total. The van der Waals surface area contributed by atoms with Gasteiger partial charge in [-0.1, -0.05) is 19.9 Å². The zero-order valence-corrected chi connectivity index (χ0v) is 16.3. The van der Waals surface area contributed by atoms with Gasteiger partial charge in [0.1, 0.15) is 18.4 Å². The summed E-state index contributed by atoms with van der Waals surface area (Å²) >= 11 is 0. The molecule has 0 aliphatic carbocycles. The molecule has 1 heterocycles. The van der Waals surface area contributed by atoms with Crippen LogP contribution < -0.4 is 15.4 Å². The molecular formula is C20H28N2O6. The maximum Gasteiger partial charge on any atom is 0.326 e. The molecule has 1 aromatic carbocycles. The average Bonchev–Trinajstić information content (AvgIpc) is 3.17. The molecule has 28 heavy (non-hydrogen) atoms. The number of ether oxygens (including phenoxy) is 2. The van der Waals surface area contributed by atoms with Crippen molar-refractivity contribution in [1.82, 2.24) is 10.6 Å². The molecule has 0 spiro atoms. The summed E-state index contributed by atoms with van der Waals surface area (Å²) in [7, 11) is 0. The van der Waals surface area contributed by atoms with Crippen molar-refractivity contribution in [3.63, 3.8) is 0 Å². The summed E-state index contributed by atoms with van der Waals surface area (Å²) < 4.78 is 11.2. The monoisotopic (exact) mass is 392 g/mol. The van der Waals surface area contributed by atoms with Crippen LogP contribution in [0.15, 0.2) is 24.3 Å². The van der Waals surface area contributed by atoms with Gasteiger partial charge in [0.05, 0.1) is 12.6 Å². The minimum Gasteiger partial charge on any atom is -0.491 e. The molecule has 3 N–H and O–H groups in total. The Morgan fingerprint density at radius 2 is 2.11 bits per heavy atom. The lowest BCUT2D eigenvalue weighted by Gasteiger charge is -2.16. The summed E-state index contributed by atoms with van der Waals surface area (Å²) in [6.45, 7) is 4.62. The highest BCUT2D eigenvalue weighted by Crippen LogP contribution is 2.17. The quantitative estimate of drug-likeness (QED) is 0.557. The summed E-state index contributed by atoms with van der Waals surface area (Å²) in [5.41, 5.74) is 0.356. The van der Waals surface area contributed by atoms with Crippen LogP contribution in [0, 0.1) is 5.92 Å². The fourth-order valence-corrected chi connectivity index (χ4v) is 2.89. The van der Waals surface area contributed by atoms with E-state index in [1.165, 1.54) is 0 Å². The number of benzene rings is 1. The Morgan fingerprint density at radius 1 is 1.32 bits per heavy atom. The molecule has 1 saturated heterocycles. The van der Waals surface area contributed by atoms with E-state index < -0.39 is 23.8 Å². The molecule has 1 unspecified atom stereocenters. The minimum absolute atomic E-state index is 0.0780. The summed E-state index contributed by atoms with van der Waals surface area (Å²) in [6.07, 6.45) is 2.38. The first-order valence-corrected chi connectivity index (χ1v) is 9.50. The molecular weight excluding hydrogens is 364 g/mol. The lowest BCUT2D eigenvalue weighted by molar-refractivity contribution is -0.142. The lowest BCUT2D eigenvalue weighted by atomic mass is 10.0. The van der Waals surface area contributed by atoms with Crippen LogP contribution in [0.4, 0.5) is 0 Å². The Bertz CT molecular complexity index is 685. The van der Waals surface area contributed by atoms with E-state index >= 15 is 0 Å². The first-order chi connectivity index (χ1) is 13.3. The number of carbonyl (C=O) groups is 3. The first kappa shape index (κ1) is 21.7. The van der Waals surface area contributed by atoms with E-state index in [1.54, 1.807) is 24.3 Å². The Labute approximate surface area is 164 Å². The smallest absolute Gasteiger partial charge is 0.326 e. The third-order valence-electron chi connectivity index (χ3n) is 4.31. The molecule has 2 rings (SSSR count). The number of rotatable bonds is 10. The fraction of sp³-hybridized carbons (Fsp3) is 0.550. The van der Waals surface area contributed by atoms with Crippen molar-refractivity contribution in [2.24, 2.45) is 5.92 Å². The van der Waals surface area contributed by atoms with Gasteiger partial charge in [-0.05, 0) is 43.4 Å². The molecule has 0 radical (unpaired) electrons. The predicted molar refractivity (Wildman–Crippen MR) is 102 cm³/mol. The Hall–Kier alpha value is -2.61. The number of hydrogen-bond donors (Lipinski definition) is 3. The van der Waals surface area contributed by atoms with Crippen LogP contribution in [0.1, 0.15) is 43.5 Å². The molecule has 0 saturated carbocycles. The third kappa shape index (κ3) is 7.19. The number of nitrogens with one attached hydrogen (secondary N) is 2. The maximum atomic E-state index is 12.3. The largest absolute Gasteiger partial charge is 0.491 e. The number of amides is 2. The lowest BCUT2D eigenvalue weighted by Crippen LogP contribution is -2.46. The van der Waals surface area contributed by atoms with Crippen molar-refractivity contribution >= 4 is 17.8 Å². The van der Waals surface area contributed by atoms with Crippen molar-refractivity contribution in [2.45, 2.75) is 45.3 Å². The van der Waals surface area contributed by atoms with Crippen LogP contribution in [0.2, 0.25) is 0 Å². The minimum atomic E-state index is -1.09. The summed E-state index contributed by atoms with van der Waals surface area (Å²) in [4.78, 5) is 35.4. The van der Waals surface area contributed by atoms with E-state index in [-0.39, 0.29) is 18.6 Å². The molecule has 1 aromatic rings. The van der Waals surface area contributed by atoms with Crippen molar-refractivity contribution < 1.29 is 29.0 Å². The molecule has 8 heteroatoms. The van der Waals surface area contributed by atoms with E-state index in [0.717, 1.165) is 19.4 Å². The van der Waals surface area contributed by atoms with Crippen molar-refractivity contribution in [2.75, 3.05) is 19.8 Å². The summed E-state index contributed by atoms with van der Waals surface area (Å²) in [6, 6.07) is 5.69. The zero-order valence-electron chi connectivity index (χ0n) is 16.3. The highest BCUT2D eigenvalue weighted by Gasteiger charge is 2.21. The summed E-state index contributed by atoms with van der Waals surface area (Å²) in [5, 5.41) is 14.1. The topological polar surface area (TPSA) is 114 Å². The molecule has 0 aromatic heterocycles. The van der Waals surface area contributed by atoms with Crippen LogP contribution in [0.3, 0.4) is 0 Å². The zero-order chi connectivity index (χ0) is 20.5. The van der Waals surface area contributed by atoms with Gasteiger partial charge >= 0.3 is 5.97 Å². The highest BCUT2D eigenvalue weighted by molar-refractivity contribution is 5.97. The van der Waals surface area contributed by atoms with Gasteiger partial charge in [-0.15, -0.1) is 0 Å². The number of carboxylic acid groups (broad SMARTS) is 1. The average molecular weight is 392 g/mol. The maximum absolute atomic E-state index is 12.3. The van der Waals surface area contributed by atoms with Crippen LogP contribution in [0.25, 0.3) is 0 Å². The molecule has 1 fully saturated rings. The van der Waals surface area contributed by atoms with Crippen LogP contribution in [0.5, 0.6) is 5.75 Å². The van der Waals surface area contributed by atoms with Gasteiger partial charge in [-0.25, -0.2) is 4.79 Å². The van der Waals surface area contributed by atoms with Gasteiger partial charge in [-0.3, -0.25) is 9.59 Å². The van der Waals surface area contributed by atoms with Crippen molar-refractivity contribution in [1.29, 1.82) is 0 Å². The number of aliphatic carboxylic acids is 1. The third-order valence-corrected chi connectivity index (χ3v) is 4.31. The van der Waals surface area contributed by atoms with Gasteiger partial charge in [0.25, 0.3) is 5.91 Å².